The lowest BCUT2D eigenvalue weighted by atomic mass is 10.2. The Bertz CT molecular complexity index is 493. The van der Waals surface area contributed by atoms with Crippen LogP contribution >= 0.6 is 12.4 Å². The first-order valence-corrected chi connectivity index (χ1v) is 6.27. The van der Waals surface area contributed by atoms with Gasteiger partial charge in [-0.05, 0) is 25.1 Å². The zero-order chi connectivity index (χ0) is 13.8. The van der Waals surface area contributed by atoms with E-state index >= 15 is 0 Å². The third-order valence-corrected chi connectivity index (χ3v) is 2.81. The van der Waals surface area contributed by atoms with Gasteiger partial charge in [-0.1, -0.05) is 6.07 Å². The predicted molar refractivity (Wildman–Crippen MR) is 81.3 cm³/mol. The standard InChI is InChI=1S/C13H18N4O2.ClH/c1-9(14)7-12(18)16-10-3-2-4-11(8-10)17-6-5-15-13(17)19;/h2-4,8-9H,5-7,14H2,1H3,(H,15,19)(H,16,18);1H. The van der Waals surface area contributed by atoms with Gasteiger partial charge in [0.2, 0.25) is 5.91 Å². The van der Waals surface area contributed by atoms with Gasteiger partial charge in [0.15, 0.2) is 0 Å². The molecule has 1 fully saturated rings. The molecule has 3 amide bonds. The van der Waals surface area contributed by atoms with Crippen LogP contribution in [-0.4, -0.2) is 31.1 Å². The summed E-state index contributed by atoms with van der Waals surface area (Å²) in [6, 6.07) is 6.93. The van der Waals surface area contributed by atoms with Crippen LogP contribution in [0.1, 0.15) is 13.3 Å². The molecule has 1 aromatic rings. The molecule has 1 unspecified atom stereocenters. The highest BCUT2D eigenvalue weighted by molar-refractivity contribution is 5.96. The van der Waals surface area contributed by atoms with Crippen molar-refractivity contribution in [1.29, 1.82) is 0 Å². The number of amides is 3. The molecule has 110 valence electrons. The molecular formula is C13H19ClN4O2. The second-order valence-corrected chi connectivity index (χ2v) is 4.66. The maximum absolute atomic E-state index is 11.6. The third kappa shape index (κ3) is 4.11. The number of carbonyl (C=O) groups is 2. The fraction of sp³-hybridized carbons (Fsp3) is 0.385. The van der Waals surface area contributed by atoms with Gasteiger partial charge in [-0.25, -0.2) is 4.79 Å². The number of carbonyl (C=O) groups excluding carboxylic acids is 2. The van der Waals surface area contributed by atoms with Crippen molar-refractivity contribution >= 4 is 35.7 Å². The van der Waals surface area contributed by atoms with Crippen molar-refractivity contribution < 1.29 is 9.59 Å². The summed E-state index contributed by atoms with van der Waals surface area (Å²) in [5.41, 5.74) is 7.01. The van der Waals surface area contributed by atoms with Gasteiger partial charge < -0.3 is 16.4 Å². The predicted octanol–water partition coefficient (Wildman–Crippen LogP) is 1.31. The fourth-order valence-corrected chi connectivity index (χ4v) is 1.97. The Morgan fingerprint density at radius 3 is 2.90 bits per heavy atom. The molecule has 1 heterocycles. The lowest BCUT2D eigenvalue weighted by molar-refractivity contribution is -0.116. The summed E-state index contributed by atoms with van der Waals surface area (Å²) < 4.78 is 0. The minimum absolute atomic E-state index is 0. The largest absolute Gasteiger partial charge is 0.336 e. The van der Waals surface area contributed by atoms with Crippen molar-refractivity contribution in [2.75, 3.05) is 23.3 Å². The summed E-state index contributed by atoms with van der Waals surface area (Å²) in [4.78, 5) is 24.8. The van der Waals surface area contributed by atoms with Crippen LogP contribution in [0.4, 0.5) is 16.2 Å². The Kier molecular flexibility index (Phi) is 5.79. The van der Waals surface area contributed by atoms with Crippen molar-refractivity contribution in [1.82, 2.24) is 5.32 Å². The molecule has 0 aromatic heterocycles. The van der Waals surface area contributed by atoms with Crippen molar-refractivity contribution in [3.63, 3.8) is 0 Å². The van der Waals surface area contributed by atoms with Crippen LogP contribution in [-0.2, 0) is 4.79 Å². The van der Waals surface area contributed by atoms with E-state index in [4.69, 9.17) is 5.73 Å². The Hall–Kier alpha value is -1.79. The van der Waals surface area contributed by atoms with Crippen LogP contribution in [0.15, 0.2) is 24.3 Å². The number of benzene rings is 1. The Morgan fingerprint density at radius 1 is 1.55 bits per heavy atom. The molecule has 1 atom stereocenters. The summed E-state index contributed by atoms with van der Waals surface area (Å²) in [6.45, 7) is 3.06. The van der Waals surface area contributed by atoms with E-state index in [2.05, 4.69) is 10.6 Å². The molecule has 0 bridgehead atoms. The average molecular weight is 299 g/mol. The monoisotopic (exact) mass is 298 g/mol. The van der Waals surface area contributed by atoms with E-state index in [1.54, 1.807) is 24.0 Å². The van der Waals surface area contributed by atoms with Crippen molar-refractivity contribution in [2.24, 2.45) is 5.73 Å². The van der Waals surface area contributed by atoms with Gasteiger partial charge in [0, 0.05) is 36.9 Å². The van der Waals surface area contributed by atoms with E-state index in [1.165, 1.54) is 0 Å². The summed E-state index contributed by atoms with van der Waals surface area (Å²) in [5, 5.41) is 5.51. The highest BCUT2D eigenvalue weighted by atomic mass is 35.5. The van der Waals surface area contributed by atoms with Gasteiger partial charge in [-0.15, -0.1) is 12.4 Å². The molecule has 1 aliphatic rings. The van der Waals surface area contributed by atoms with Crippen LogP contribution in [0, 0.1) is 0 Å². The van der Waals surface area contributed by atoms with Crippen LogP contribution in [0.25, 0.3) is 0 Å². The number of urea groups is 1. The van der Waals surface area contributed by atoms with Gasteiger partial charge in [0.25, 0.3) is 0 Å². The highest BCUT2D eigenvalue weighted by Crippen LogP contribution is 2.21. The average Bonchev–Trinajstić information content (AvgIpc) is 2.74. The number of anilines is 2. The Labute approximate surface area is 124 Å². The van der Waals surface area contributed by atoms with Crippen molar-refractivity contribution in [3.8, 4) is 0 Å². The number of hydrogen-bond donors (Lipinski definition) is 3. The molecule has 1 aromatic carbocycles. The van der Waals surface area contributed by atoms with E-state index in [1.807, 2.05) is 12.1 Å². The van der Waals surface area contributed by atoms with E-state index in [9.17, 15) is 9.59 Å². The zero-order valence-corrected chi connectivity index (χ0v) is 12.1. The molecule has 1 saturated heterocycles. The van der Waals surface area contributed by atoms with Gasteiger partial charge in [-0.3, -0.25) is 9.69 Å². The quantitative estimate of drug-likeness (QED) is 0.783. The van der Waals surface area contributed by atoms with Crippen molar-refractivity contribution in [3.05, 3.63) is 24.3 Å². The maximum atomic E-state index is 11.6. The molecule has 4 N–H and O–H groups in total. The van der Waals surface area contributed by atoms with E-state index in [-0.39, 0.29) is 36.8 Å². The Balaban J connectivity index is 0.00000200. The van der Waals surface area contributed by atoms with Crippen LogP contribution in [0.5, 0.6) is 0 Å². The lowest BCUT2D eigenvalue weighted by Crippen LogP contribution is -2.28. The number of nitrogens with zero attached hydrogens (tertiary/aromatic N) is 1. The van der Waals surface area contributed by atoms with Crippen LogP contribution < -0.4 is 21.3 Å². The number of rotatable bonds is 4. The molecule has 2 rings (SSSR count). The number of nitrogens with two attached hydrogens (primary N) is 1. The van der Waals surface area contributed by atoms with E-state index in [0.29, 0.717) is 18.8 Å². The molecule has 7 heteroatoms. The molecular weight excluding hydrogens is 280 g/mol. The molecule has 20 heavy (non-hydrogen) atoms. The molecule has 0 aliphatic carbocycles. The first-order valence-electron chi connectivity index (χ1n) is 6.27. The van der Waals surface area contributed by atoms with Crippen molar-refractivity contribution in [2.45, 2.75) is 19.4 Å². The highest BCUT2D eigenvalue weighted by Gasteiger charge is 2.21. The number of nitrogens with one attached hydrogen (secondary N) is 2. The normalized spacial score (nSPS) is 15.3. The topological polar surface area (TPSA) is 87.5 Å². The van der Waals surface area contributed by atoms with E-state index < -0.39 is 0 Å². The van der Waals surface area contributed by atoms with Crippen LogP contribution in [0.3, 0.4) is 0 Å². The minimum atomic E-state index is -0.174. The first-order chi connectivity index (χ1) is 9.06. The molecule has 0 radical (unpaired) electrons. The first kappa shape index (κ1) is 16.3. The maximum Gasteiger partial charge on any atom is 0.321 e. The second kappa shape index (κ2) is 7.12. The summed E-state index contributed by atoms with van der Waals surface area (Å²) >= 11 is 0. The molecule has 0 saturated carbocycles. The summed E-state index contributed by atoms with van der Waals surface area (Å²) in [5.74, 6) is -0.127. The zero-order valence-electron chi connectivity index (χ0n) is 11.3. The smallest absolute Gasteiger partial charge is 0.321 e. The van der Waals surface area contributed by atoms with Gasteiger partial charge >= 0.3 is 6.03 Å². The van der Waals surface area contributed by atoms with E-state index in [0.717, 1.165) is 5.69 Å². The summed E-state index contributed by atoms with van der Waals surface area (Å²) in [7, 11) is 0. The van der Waals surface area contributed by atoms with Gasteiger partial charge in [0.05, 0.1) is 0 Å². The fourth-order valence-electron chi connectivity index (χ4n) is 1.97. The molecule has 0 spiro atoms. The van der Waals surface area contributed by atoms with Gasteiger partial charge in [-0.2, -0.15) is 0 Å². The SMILES string of the molecule is CC(N)CC(=O)Nc1cccc(N2CCNC2=O)c1.Cl. The van der Waals surface area contributed by atoms with Crippen LogP contribution in [0.2, 0.25) is 0 Å². The minimum Gasteiger partial charge on any atom is -0.336 e. The summed E-state index contributed by atoms with van der Waals surface area (Å²) in [6.07, 6.45) is 0.272. The van der Waals surface area contributed by atoms with Gasteiger partial charge in [0.1, 0.15) is 0 Å². The third-order valence-electron chi connectivity index (χ3n) is 2.81. The molecule has 1 aliphatic heterocycles. The second-order valence-electron chi connectivity index (χ2n) is 4.66. The molecule has 6 nitrogen and oxygen atoms in total. The Morgan fingerprint density at radius 2 is 2.30 bits per heavy atom. The number of hydrogen-bond acceptors (Lipinski definition) is 3. The number of halogens is 1. The lowest BCUT2D eigenvalue weighted by Gasteiger charge is -2.15.